The van der Waals surface area contributed by atoms with Gasteiger partial charge in [0.25, 0.3) is 5.91 Å². The van der Waals surface area contributed by atoms with Crippen LogP contribution in [-0.2, 0) is 14.3 Å². The van der Waals surface area contributed by atoms with E-state index in [9.17, 15) is 14.7 Å². The van der Waals surface area contributed by atoms with Gasteiger partial charge in [0.2, 0.25) is 5.91 Å². The fourth-order valence-corrected chi connectivity index (χ4v) is 4.50. The molecule has 3 heterocycles. The van der Waals surface area contributed by atoms with Crippen LogP contribution in [0.2, 0.25) is 0 Å². The molecular formula is C20H28N4O5. The summed E-state index contributed by atoms with van der Waals surface area (Å²) >= 11 is 0. The molecule has 3 fully saturated rings. The predicted octanol–water partition coefficient (Wildman–Crippen LogP) is 0.0253. The Morgan fingerprint density at radius 3 is 2.48 bits per heavy atom. The summed E-state index contributed by atoms with van der Waals surface area (Å²) in [7, 11) is 0. The molecule has 0 aromatic carbocycles. The standard InChI is InChI=1S/C20H28N4O5/c1-10-7-14(22-11(2)21-10)20(27)23-13-5-3-12(4-6-13)19(26)24-15-8-28-18-16(25)9-29-17(15)18/h7,12-13,15-18,25H,3-6,8-9H2,1-2H3,(H,23,27)(H,24,26)/t12?,13?,15-,16-,17-,18-/m1/s1. The second kappa shape index (κ2) is 8.33. The minimum atomic E-state index is -0.622. The predicted molar refractivity (Wildman–Crippen MR) is 102 cm³/mol. The zero-order valence-corrected chi connectivity index (χ0v) is 16.8. The van der Waals surface area contributed by atoms with Crippen molar-refractivity contribution < 1.29 is 24.2 Å². The Morgan fingerprint density at radius 1 is 1.03 bits per heavy atom. The van der Waals surface area contributed by atoms with Crippen LogP contribution in [0.15, 0.2) is 6.07 Å². The number of amides is 2. The van der Waals surface area contributed by atoms with E-state index < -0.39 is 6.10 Å². The number of hydrogen-bond donors (Lipinski definition) is 3. The molecule has 1 aromatic heterocycles. The summed E-state index contributed by atoms with van der Waals surface area (Å²) in [4.78, 5) is 33.5. The van der Waals surface area contributed by atoms with E-state index >= 15 is 0 Å². The average Bonchev–Trinajstić information content (AvgIpc) is 3.25. The highest BCUT2D eigenvalue weighted by molar-refractivity contribution is 5.92. The van der Waals surface area contributed by atoms with Gasteiger partial charge in [0, 0.05) is 17.7 Å². The van der Waals surface area contributed by atoms with Gasteiger partial charge in [-0.2, -0.15) is 0 Å². The van der Waals surface area contributed by atoms with Crippen molar-refractivity contribution in [2.45, 2.75) is 69.9 Å². The maximum absolute atomic E-state index is 12.7. The third-order valence-electron chi connectivity index (χ3n) is 5.99. The molecule has 2 amide bonds. The molecule has 1 saturated carbocycles. The highest BCUT2D eigenvalue weighted by Crippen LogP contribution is 2.29. The molecule has 4 rings (SSSR count). The zero-order valence-electron chi connectivity index (χ0n) is 16.8. The lowest BCUT2D eigenvalue weighted by Gasteiger charge is -2.29. The number of nitrogens with one attached hydrogen (secondary N) is 2. The molecule has 1 aliphatic carbocycles. The van der Waals surface area contributed by atoms with Crippen molar-refractivity contribution in [3.8, 4) is 0 Å². The van der Waals surface area contributed by atoms with E-state index in [0.29, 0.717) is 31.0 Å². The monoisotopic (exact) mass is 404 g/mol. The van der Waals surface area contributed by atoms with Crippen LogP contribution in [0.1, 0.15) is 47.7 Å². The molecule has 0 spiro atoms. The third kappa shape index (κ3) is 4.41. The van der Waals surface area contributed by atoms with Crippen molar-refractivity contribution in [1.29, 1.82) is 0 Å². The highest BCUT2D eigenvalue weighted by atomic mass is 16.6. The molecule has 9 heteroatoms. The molecular weight excluding hydrogens is 376 g/mol. The normalized spacial score (nSPS) is 33.9. The molecule has 3 aliphatic rings. The van der Waals surface area contributed by atoms with Gasteiger partial charge >= 0.3 is 0 Å². The van der Waals surface area contributed by atoms with Crippen LogP contribution in [0.5, 0.6) is 0 Å². The highest BCUT2D eigenvalue weighted by Gasteiger charge is 2.48. The quantitative estimate of drug-likeness (QED) is 0.647. The number of hydrogen-bond acceptors (Lipinski definition) is 7. The van der Waals surface area contributed by atoms with E-state index in [0.717, 1.165) is 18.5 Å². The van der Waals surface area contributed by atoms with Gasteiger partial charge in [0.15, 0.2) is 0 Å². The first-order chi connectivity index (χ1) is 13.9. The average molecular weight is 404 g/mol. The Kier molecular flexibility index (Phi) is 5.80. The molecule has 2 aliphatic heterocycles. The number of aliphatic hydroxyl groups excluding tert-OH is 1. The fraction of sp³-hybridized carbons (Fsp3) is 0.700. The fourth-order valence-electron chi connectivity index (χ4n) is 4.50. The maximum atomic E-state index is 12.7. The van der Waals surface area contributed by atoms with Crippen LogP contribution in [0.25, 0.3) is 0 Å². The van der Waals surface area contributed by atoms with Gasteiger partial charge in [-0.25, -0.2) is 9.97 Å². The van der Waals surface area contributed by atoms with E-state index in [1.54, 1.807) is 13.0 Å². The SMILES string of the molecule is Cc1cc(C(=O)NC2CCC(C(=O)N[C@@H]3CO[C@H]4[C@@H]3OC[C@H]4O)CC2)nc(C)n1. The van der Waals surface area contributed by atoms with Crippen LogP contribution in [0.3, 0.4) is 0 Å². The molecule has 2 saturated heterocycles. The summed E-state index contributed by atoms with van der Waals surface area (Å²) in [6.07, 6.45) is 1.67. The molecule has 1 aromatic rings. The summed E-state index contributed by atoms with van der Waals surface area (Å²) < 4.78 is 11.1. The van der Waals surface area contributed by atoms with E-state index in [2.05, 4.69) is 20.6 Å². The second-order valence-electron chi connectivity index (χ2n) is 8.24. The molecule has 0 bridgehead atoms. The molecule has 9 nitrogen and oxygen atoms in total. The smallest absolute Gasteiger partial charge is 0.270 e. The second-order valence-corrected chi connectivity index (χ2v) is 8.24. The van der Waals surface area contributed by atoms with E-state index in [4.69, 9.17) is 9.47 Å². The molecule has 3 N–H and O–H groups in total. The van der Waals surface area contributed by atoms with Crippen LogP contribution in [0.4, 0.5) is 0 Å². The van der Waals surface area contributed by atoms with E-state index in [1.807, 2.05) is 6.92 Å². The van der Waals surface area contributed by atoms with Crippen molar-refractivity contribution in [3.05, 3.63) is 23.3 Å². The Labute approximate surface area is 169 Å². The van der Waals surface area contributed by atoms with Gasteiger partial charge in [0.05, 0.1) is 19.3 Å². The lowest BCUT2D eigenvalue weighted by atomic mass is 9.85. The Hall–Kier alpha value is -2.10. The van der Waals surface area contributed by atoms with Crippen molar-refractivity contribution in [1.82, 2.24) is 20.6 Å². The van der Waals surface area contributed by atoms with Gasteiger partial charge < -0.3 is 25.2 Å². The number of rotatable bonds is 4. The van der Waals surface area contributed by atoms with Gasteiger partial charge in [-0.05, 0) is 45.6 Å². The largest absolute Gasteiger partial charge is 0.388 e. The zero-order chi connectivity index (χ0) is 20.5. The Balaban J connectivity index is 1.25. The van der Waals surface area contributed by atoms with Gasteiger partial charge in [-0.15, -0.1) is 0 Å². The first-order valence-electron chi connectivity index (χ1n) is 10.3. The summed E-state index contributed by atoms with van der Waals surface area (Å²) in [5.74, 6) is 0.290. The Morgan fingerprint density at radius 2 is 1.76 bits per heavy atom. The first kappa shape index (κ1) is 20.2. The van der Waals surface area contributed by atoms with Gasteiger partial charge in [-0.1, -0.05) is 0 Å². The minimum absolute atomic E-state index is 0.00364. The van der Waals surface area contributed by atoms with Crippen molar-refractivity contribution in [3.63, 3.8) is 0 Å². The summed E-state index contributed by atoms with van der Waals surface area (Å²) in [5.41, 5.74) is 1.14. The minimum Gasteiger partial charge on any atom is -0.388 e. The third-order valence-corrected chi connectivity index (χ3v) is 5.99. The molecule has 29 heavy (non-hydrogen) atoms. The van der Waals surface area contributed by atoms with Crippen LogP contribution >= 0.6 is 0 Å². The number of carbonyl (C=O) groups excluding carboxylic acids is 2. The molecule has 0 unspecified atom stereocenters. The number of aliphatic hydroxyl groups is 1. The summed E-state index contributed by atoms with van der Waals surface area (Å²) in [6.45, 7) is 4.21. The lowest BCUT2D eigenvalue weighted by Crippen LogP contribution is -2.48. The molecule has 0 radical (unpaired) electrons. The van der Waals surface area contributed by atoms with E-state index in [-0.39, 0.29) is 48.6 Å². The van der Waals surface area contributed by atoms with Crippen LogP contribution < -0.4 is 10.6 Å². The number of fused-ring (bicyclic) bond motifs is 1. The van der Waals surface area contributed by atoms with Gasteiger partial charge in [0.1, 0.15) is 29.8 Å². The van der Waals surface area contributed by atoms with Gasteiger partial charge in [-0.3, -0.25) is 9.59 Å². The number of aryl methyl sites for hydroxylation is 2. The van der Waals surface area contributed by atoms with Crippen LogP contribution in [0, 0.1) is 19.8 Å². The Bertz CT molecular complexity index is 760. The molecule has 4 atom stereocenters. The molecule has 158 valence electrons. The first-order valence-corrected chi connectivity index (χ1v) is 10.3. The van der Waals surface area contributed by atoms with Crippen LogP contribution in [-0.4, -0.2) is 70.5 Å². The van der Waals surface area contributed by atoms with Crippen molar-refractivity contribution >= 4 is 11.8 Å². The maximum Gasteiger partial charge on any atom is 0.270 e. The number of aromatic nitrogens is 2. The summed E-state index contributed by atoms with van der Waals surface area (Å²) in [6, 6.07) is 1.50. The number of ether oxygens (including phenoxy) is 2. The number of nitrogens with zero attached hydrogens (tertiary/aromatic N) is 2. The lowest BCUT2D eigenvalue weighted by molar-refractivity contribution is -0.127. The van der Waals surface area contributed by atoms with Crippen molar-refractivity contribution in [2.75, 3.05) is 13.2 Å². The summed E-state index contributed by atoms with van der Waals surface area (Å²) in [5, 5.41) is 15.9. The number of carbonyl (C=O) groups is 2. The topological polar surface area (TPSA) is 123 Å². The van der Waals surface area contributed by atoms with Crippen molar-refractivity contribution in [2.24, 2.45) is 5.92 Å². The van der Waals surface area contributed by atoms with E-state index in [1.165, 1.54) is 0 Å².